The van der Waals surface area contributed by atoms with Crippen molar-refractivity contribution in [1.29, 1.82) is 5.26 Å². The first-order valence-corrected chi connectivity index (χ1v) is 6.48. The number of nitrogens with zero attached hydrogens (tertiary/aromatic N) is 3. The average Bonchev–Trinajstić information content (AvgIpc) is 2.78. The Morgan fingerprint density at radius 1 is 1.33 bits per heavy atom. The molecule has 0 bridgehead atoms. The van der Waals surface area contributed by atoms with Crippen molar-refractivity contribution in [1.82, 2.24) is 15.1 Å². The zero-order chi connectivity index (χ0) is 15.6. The van der Waals surface area contributed by atoms with Gasteiger partial charge in [-0.15, -0.1) is 0 Å². The Morgan fingerprint density at radius 3 is 2.43 bits per heavy atom. The molecular formula is C15H17N5O. The second-order valence-electron chi connectivity index (χ2n) is 5.72. The van der Waals surface area contributed by atoms with Crippen LogP contribution in [-0.2, 0) is 0 Å². The monoisotopic (exact) mass is 283 g/mol. The molecule has 21 heavy (non-hydrogen) atoms. The van der Waals surface area contributed by atoms with Gasteiger partial charge in [-0.2, -0.15) is 10.4 Å². The van der Waals surface area contributed by atoms with E-state index in [1.807, 2.05) is 26.8 Å². The molecular weight excluding hydrogens is 266 g/mol. The van der Waals surface area contributed by atoms with E-state index >= 15 is 0 Å². The lowest BCUT2D eigenvalue weighted by atomic mass is 10.1. The normalized spacial score (nSPS) is 11.0. The number of nitrogens with one attached hydrogen (secondary N) is 1. The van der Waals surface area contributed by atoms with Crippen molar-refractivity contribution in [3.05, 3.63) is 41.6 Å². The molecule has 0 saturated heterocycles. The molecule has 0 spiro atoms. The van der Waals surface area contributed by atoms with Gasteiger partial charge in [0.25, 0.3) is 5.91 Å². The first-order valence-electron chi connectivity index (χ1n) is 6.48. The zero-order valence-corrected chi connectivity index (χ0v) is 12.2. The Hall–Kier alpha value is -2.81. The number of nitrogen functional groups attached to an aromatic ring is 1. The SMILES string of the molecule is CC(C)(C)NC(=O)c1ccc(-n2ncc(C#N)c2N)cc1. The largest absolute Gasteiger partial charge is 0.382 e. The molecule has 0 aliphatic rings. The van der Waals surface area contributed by atoms with Crippen LogP contribution in [-0.4, -0.2) is 21.2 Å². The van der Waals surface area contributed by atoms with Crippen LogP contribution in [0.1, 0.15) is 36.7 Å². The van der Waals surface area contributed by atoms with E-state index in [1.54, 1.807) is 24.3 Å². The standard InChI is InChI=1S/C15H17N5O/c1-15(2,3)19-14(21)10-4-6-12(7-5-10)20-13(17)11(8-16)9-18-20/h4-7,9H,17H2,1-3H3,(H,19,21). The van der Waals surface area contributed by atoms with Crippen LogP contribution in [0.5, 0.6) is 0 Å². The van der Waals surface area contributed by atoms with E-state index in [4.69, 9.17) is 11.0 Å². The minimum absolute atomic E-state index is 0.139. The van der Waals surface area contributed by atoms with Gasteiger partial charge in [-0.3, -0.25) is 4.79 Å². The first kappa shape index (κ1) is 14.6. The van der Waals surface area contributed by atoms with Crippen molar-refractivity contribution in [2.24, 2.45) is 0 Å². The van der Waals surface area contributed by atoms with Crippen molar-refractivity contribution in [2.75, 3.05) is 5.73 Å². The van der Waals surface area contributed by atoms with E-state index in [1.165, 1.54) is 10.9 Å². The number of nitrogens with two attached hydrogens (primary N) is 1. The van der Waals surface area contributed by atoms with Crippen LogP contribution in [0.25, 0.3) is 5.69 Å². The lowest BCUT2D eigenvalue weighted by Crippen LogP contribution is -2.40. The number of hydrogen-bond donors (Lipinski definition) is 2. The van der Waals surface area contributed by atoms with E-state index in [9.17, 15) is 4.79 Å². The summed E-state index contributed by atoms with van der Waals surface area (Å²) in [4.78, 5) is 12.0. The van der Waals surface area contributed by atoms with Crippen molar-refractivity contribution >= 4 is 11.7 Å². The molecule has 1 aromatic heterocycles. The quantitative estimate of drug-likeness (QED) is 0.879. The fourth-order valence-corrected chi connectivity index (χ4v) is 1.82. The molecule has 6 nitrogen and oxygen atoms in total. The summed E-state index contributed by atoms with van der Waals surface area (Å²) >= 11 is 0. The van der Waals surface area contributed by atoms with Crippen LogP contribution < -0.4 is 11.1 Å². The van der Waals surface area contributed by atoms with Crippen molar-refractivity contribution < 1.29 is 4.79 Å². The topological polar surface area (TPSA) is 96.7 Å². The van der Waals surface area contributed by atoms with E-state index in [2.05, 4.69) is 10.4 Å². The highest BCUT2D eigenvalue weighted by atomic mass is 16.1. The van der Waals surface area contributed by atoms with E-state index in [0.717, 1.165) is 0 Å². The van der Waals surface area contributed by atoms with Crippen LogP contribution in [0, 0.1) is 11.3 Å². The number of aromatic nitrogens is 2. The van der Waals surface area contributed by atoms with Gasteiger partial charge in [-0.1, -0.05) is 0 Å². The molecule has 0 saturated carbocycles. The molecule has 0 aliphatic carbocycles. The van der Waals surface area contributed by atoms with E-state index in [-0.39, 0.29) is 17.3 Å². The van der Waals surface area contributed by atoms with Gasteiger partial charge in [-0.05, 0) is 45.0 Å². The number of anilines is 1. The summed E-state index contributed by atoms with van der Waals surface area (Å²) in [5.74, 6) is 0.143. The lowest BCUT2D eigenvalue weighted by Gasteiger charge is -2.20. The Kier molecular flexibility index (Phi) is 3.68. The number of hydrogen-bond acceptors (Lipinski definition) is 4. The predicted molar refractivity (Wildman–Crippen MR) is 79.9 cm³/mol. The molecule has 1 aromatic carbocycles. The summed E-state index contributed by atoms with van der Waals surface area (Å²) in [6.07, 6.45) is 1.41. The summed E-state index contributed by atoms with van der Waals surface area (Å²) in [7, 11) is 0. The Morgan fingerprint density at radius 2 is 1.95 bits per heavy atom. The van der Waals surface area contributed by atoms with E-state index in [0.29, 0.717) is 16.8 Å². The highest BCUT2D eigenvalue weighted by Crippen LogP contribution is 2.17. The minimum atomic E-state index is -0.288. The van der Waals surface area contributed by atoms with Gasteiger partial charge in [0.1, 0.15) is 17.5 Å². The van der Waals surface area contributed by atoms with Gasteiger partial charge in [0.2, 0.25) is 0 Å². The molecule has 0 radical (unpaired) electrons. The van der Waals surface area contributed by atoms with E-state index < -0.39 is 0 Å². The number of benzene rings is 1. The van der Waals surface area contributed by atoms with Crippen molar-refractivity contribution in [2.45, 2.75) is 26.3 Å². The predicted octanol–water partition coefficient (Wildman–Crippen LogP) is 1.85. The maximum Gasteiger partial charge on any atom is 0.251 e. The zero-order valence-electron chi connectivity index (χ0n) is 12.2. The molecule has 0 fully saturated rings. The fraction of sp³-hybridized carbons (Fsp3) is 0.267. The fourth-order valence-electron chi connectivity index (χ4n) is 1.82. The maximum atomic E-state index is 12.0. The van der Waals surface area contributed by atoms with Gasteiger partial charge in [0, 0.05) is 11.1 Å². The van der Waals surface area contributed by atoms with Crippen LogP contribution in [0.15, 0.2) is 30.5 Å². The molecule has 0 aliphatic heterocycles. The number of carbonyl (C=O) groups excluding carboxylic acids is 1. The number of carbonyl (C=O) groups is 1. The van der Waals surface area contributed by atoms with Crippen LogP contribution >= 0.6 is 0 Å². The van der Waals surface area contributed by atoms with Gasteiger partial charge in [0.05, 0.1) is 11.9 Å². The number of rotatable bonds is 2. The van der Waals surface area contributed by atoms with Crippen LogP contribution in [0.3, 0.4) is 0 Å². The smallest absolute Gasteiger partial charge is 0.251 e. The summed E-state index contributed by atoms with van der Waals surface area (Å²) in [6, 6.07) is 8.84. The average molecular weight is 283 g/mol. The minimum Gasteiger partial charge on any atom is -0.382 e. The summed E-state index contributed by atoms with van der Waals surface area (Å²) < 4.78 is 1.46. The Balaban J connectivity index is 2.25. The molecule has 6 heteroatoms. The van der Waals surface area contributed by atoms with Crippen molar-refractivity contribution in [3.8, 4) is 11.8 Å². The van der Waals surface area contributed by atoms with Gasteiger partial charge in [0.15, 0.2) is 0 Å². The highest BCUT2D eigenvalue weighted by Gasteiger charge is 2.15. The third-order valence-electron chi connectivity index (χ3n) is 2.79. The Bertz CT molecular complexity index is 701. The third-order valence-corrected chi connectivity index (χ3v) is 2.79. The van der Waals surface area contributed by atoms with Crippen molar-refractivity contribution in [3.63, 3.8) is 0 Å². The summed E-state index contributed by atoms with van der Waals surface area (Å²) in [5, 5.41) is 15.8. The molecule has 0 atom stereocenters. The third kappa shape index (κ3) is 3.20. The second kappa shape index (κ2) is 5.29. The number of amides is 1. The molecule has 2 aromatic rings. The lowest BCUT2D eigenvalue weighted by molar-refractivity contribution is 0.0919. The maximum absolute atomic E-state index is 12.0. The molecule has 3 N–H and O–H groups in total. The number of nitriles is 1. The molecule has 1 heterocycles. The van der Waals surface area contributed by atoms with Gasteiger partial charge in [-0.25, -0.2) is 4.68 Å². The summed E-state index contributed by atoms with van der Waals surface area (Å²) in [6.45, 7) is 5.77. The second-order valence-corrected chi connectivity index (χ2v) is 5.72. The first-order chi connectivity index (χ1) is 9.81. The molecule has 1 amide bonds. The molecule has 2 rings (SSSR count). The Labute approximate surface area is 123 Å². The highest BCUT2D eigenvalue weighted by molar-refractivity contribution is 5.94. The van der Waals surface area contributed by atoms with Crippen LogP contribution in [0.4, 0.5) is 5.82 Å². The molecule has 0 unspecified atom stereocenters. The van der Waals surface area contributed by atoms with Gasteiger partial charge < -0.3 is 11.1 Å². The van der Waals surface area contributed by atoms with Crippen LogP contribution in [0.2, 0.25) is 0 Å². The summed E-state index contributed by atoms with van der Waals surface area (Å²) in [5.41, 5.74) is 7.11. The molecule has 108 valence electrons. The van der Waals surface area contributed by atoms with Gasteiger partial charge >= 0.3 is 0 Å².